The van der Waals surface area contributed by atoms with E-state index in [0.717, 1.165) is 25.7 Å². The molecular weight excluding hydrogens is 260 g/mol. The van der Waals surface area contributed by atoms with Crippen LogP contribution in [0.5, 0.6) is 0 Å². The van der Waals surface area contributed by atoms with Gasteiger partial charge in [-0.2, -0.15) is 0 Å². The van der Waals surface area contributed by atoms with Crippen LogP contribution in [0, 0.1) is 0 Å². The van der Waals surface area contributed by atoms with Gasteiger partial charge in [0.25, 0.3) is 0 Å². The Morgan fingerprint density at radius 1 is 1.35 bits per heavy atom. The molecule has 116 valence electrons. The number of hydrogen-bond acceptors (Lipinski definition) is 4. The summed E-state index contributed by atoms with van der Waals surface area (Å²) < 4.78 is 10.8. The predicted octanol–water partition coefficient (Wildman–Crippen LogP) is 1.58. The zero-order valence-electron chi connectivity index (χ0n) is 12.8. The molecule has 0 bridgehead atoms. The smallest absolute Gasteiger partial charge is 0.407 e. The van der Waals surface area contributed by atoms with Gasteiger partial charge in [-0.05, 0) is 46.5 Å². The van der Waals surface area contributed by atoms with E-state index >= 15 is 0 Å². The summed E-state index contributed by atoms with van der Waals surface area (Å²) in [7, 11) is 1.66. The minimum Gasteiger partial charge on any atom is -0.444 e. The fraction of sp³-hybridized carbons (Fsp3) is 0.857. The third kappa shape index (κ3) is 5.36. The lowest BCUT2D eigenvalue weighted by Gasteiger charge is -2.39. The Hall–Kier alpha value is -1.30. The summed E-state index contributed by atoms with van der Waals surface area (Å²) in [5.74, 6) is 0. The number of carbonyl (C=O) groups is 2. The van der Waals surface area contributed by atoms with Gasteiger partial charge in [0, 0.05) is 19.7 Å². The van der Waals surface area contributed by atoms with E-state index in [0.29, 0.717) is 13.0 Å². The first-order valence-electron chi connectivity index (χ1n) is 7.02. The van der Waals surface area contributed by atoms with Crippen molar-refractivity contribution in [1.29, 1.82) is 0 Å². The Labute approximate surface area is 120 Å². The average Bonchev–Trinajstić information content (AvgIpc) is 2.36. The number of rotatable bonds is 5. The Morgan fingerprint density at radius 3 is 2.40 bits per heavy atom. The molecule has 0 unspecified atom stereocenters. The number of ether oxygens (including phenoxy) is 2. The second kappa shape index (κ2) is 6.92. The Kier molecular flexibility index (Phi) is 5.80. The van der Waals surface area contributed by atoms with Gasteiger partial charge in [-0.1, -0.05) is 0 Å². The molecule has 0 aromatic rings. The minimum absolute atomic E-state index is 0.101. The van der Waals surface area contributed by atoms with Gasteiger partial charge in [-0.25, -0.2) is 4.79 Å². The quantitative estimate of drug-likeness (QED) is 0.752. The maximum absolute atomic E-state index is 11.7. The molecule has 20 heavy (non-hydrogen) atoms. The first kappa shape index (κ1) is 16.8. The van der Waals surface area contributed by atoms with Crippen LogP contribution in [0.3, 0.4) is 0 Å². The summed E-state index contributed by atoms with van der Waals surface area (Å²) in [6, 6.07) is 0.101. The minimum atomic E-state index is -0.483. The van der Waals surface area contributed by atoms with E-state index in [1.54, 1.807) is 7.11 Å². The Balaban J connectivity index is 2.41. The van der Waals surface area contributed by atoms with E-state index in [1.165, 1.54) is 0 Å². The van der Waals surface area contributed by atoms with E-state index in [4.69, 9.17) is 9.47 Å². The van der Waals surface area contributed by atoms with Gasteiger partial charge in [0.2, 0.25) is 6.41 Å². The van der Waals surface area contributed by atoms with Crippen LogP contribution >= 0.6 is 0 Å². The molecule has 0 heterocycles. The van der Waals surface area contributed by atoms with Gasteiger partial charge in [0.1, 0.15) is 5.60 Å². The highest BCUT2D eigenvalue weighted by molar-refractivity contribution is 5.68. The molecule has 0 spiro atoms. The summed E-state index contributed by atoms with van der Waals surface area (Å²) in [5, 5.41) is 5.57. The van der Waals surface area contributed by atoms with Crippen LogP contribution in [-0.4, -0.2) is 43.4 Å². The summed E-state index contributed by atoms with van der Waals surface area (Å²) in [5.41, 5.74) is -0.796. The van der Waals surface area contributed by atoms with Crippen LogP contribution in [0.1, 0.15) is 46.5 Å². The largest absolute Gasteiger partial charge is 0.444 e. The predicted molar refractivity (Wildman–Crippen MR) is 75.4 cm³/mol. The van der Waals surface area contributed by atoms with E-state index < -0.39 is 5.60 Å². The van der Waals surface area contributed by atoms with E-state index in [2.05, 4.69) is 10.6 Å². The second-order valence-corrected chi connectivity index (χ2v) is 6.31. The van der Waals surface area contributed by atoms with Gasteiger partial charge in [-0.3, -0.25) is 4.79 Å². The molecule has 2 amide bonds. The molecule has 0 aromatic carbocycles. The van der Waals surface area contributed by atoms with Gasteiger partial charge in [-0.15, -0.1) is 0 Å². The van der Waals surface area contributed by atoms with Crippen LogP contribution < -0.4 is 10.6 Å². The molecule has 0 radical (unpaired) electrons. The van der Waals surface area contributed by atoms with E-state index in [9.17, 15) is 9.59 Å². The summed E-state index contributed by atoms with van der Waals surface area (Å²) in [6.45, 7) is 6.03. The zero-order valence-corrected chi connectivity index (χ0v) is 12.8. The van der Waals surface area contributed by atoms with Crippen LogP contribution in [-0.2, 0) is 14.3 Å². The maximum Gasteiger partial charge on any atom is 0.407 e. The van der Waals surface area contributed by atoms with Gasteiger partial charge in [0.15, 0.2) is 0 Å². The molecule has 1 aliphatic rings. The van der Waals surface area contributed by atoms with Crippen molar-refractivity contribution in [3.8, 4) is 0 Å². The summed E-state index contributed by atoms with van der Waals surface area (Å²) in [6.07, 6.45) is 3.53. The highest BCUT2D eigenvalue weighted by Crippen LogP contribution is 2.31. The molecule has 0 atom stereocenters. The van der Waals surface area contributed by atoms with Crippen LogP contribution in [0.25, 0.3) is 0 Å². The average molecular weight is 286 g/mol. The highest BCUT2D eigenvalue weighted by Gasteiger charge is 2.36. The third-order valence-corrected chi connectivity index (χ3v) is 3.56. The first-order chi connectivity index (χ1) is 9.30. The Bertz CT molecular complexity index is 331. The molecule has 1 fully saturated rings. The molecule has 1 saturated carbocycles. The molecule has 0 saturated heterocycles. The third-order valence-electron chi connectivity index (χ3n) is 3.56. The van der Waals surface area contributed by atoms with Gasteiger partial charge < -0.3 is 20.1 Å². The second-order valence-electron chi connectivity index (χ2n) is 6.31. The number of carbonyl (C=O) groups excluding carboxylic acids is 2. The number of nitrogens with one attached hydrogen (secondary N) is 2. The molecule has 2 N–H and O–H groups in total. The summed E-state index contributed by atoms with van der Waals surface area (Å²) >= 11 is 0. The topological polar surface area (TPSA) is 76.7 Å². The SMILES string of the molecule is COC1(CNC=O)CCC(NC(=O)OC(C)(C)C)CC1. The van der Waals surface area contributed by atoms with Crippen LogP contribution in [0.15, 0.2) is 0 Å². The van der Waals surface area contributed by atoms with Crippen molar-refractivity contribution < 1.29 is 19.1 Å². The fourth-order valence-electron chi connectivity index (χ4n) is 2.44. The highest BCUT2D eigenvalue weighted by atomic mass is 16.6. The normalized spacial score (nSPS) is 26.7. The molecule has 6 heteroatoms. The van der Waals surface area contributed by atoms with Gasteiger partial charge in [0.05, 0.1) is 5.60 Å². The molecule has 1 aliphatic carbocycles. The fourth-order valence-corrected chi connectivity index (χ4v) is 2.44. The van der Waals surface area contributed by atoms with Crippen molar-refractivity contribution in [3.63, 3.8) is 0 Å². The van der Waals surface area contributed by atoms with Crippen molar-refractivity contribution >= 4 is 12.5 Å². The maximum atomic E-state index is 11.7. The number of methoxy groups -OCH3 is 1. The van der Waals surface area contributed by atoms with Crippen LogP contribution in [0.4, 0.5) is 4.79 Å². The number of amides is 2. The first-order valence-corrected chi connectivity index (χ1v) is 7.02. The molecule has 0 aliphatic heterocycles. The van der Waals surface area contributed by atoms with E-state index in [-0.39, 0.29) is 17.7 Å². The summed E-state index contributed by atoms with van der Waals surface area (Å²) in [4.78, 5) is 22.1. The number of alkyl carbamates (subject to hydrolysis) is 1. The molecular formula is C14H26N2O4. The van der Waals surface area contributed by atoms with Crippen molar-refractivity contribution in [2.75, 3.05) is 13.7 Å². The lowest BCUT2D eigenvalue weighted by atomic mass is 9.82. The van der Waals surface area contributed by atoms with Crippen molar-refractivity contribution in [1.82, 2.24) is 10.6 Å². The number of hydrogen-bond donors (Lipinski definition) is 2. The van der Waals surface area contributed by atoms with Crippen LogP contribution in [0.2, 0.25) is 0 Å². The van der Waals surface area contributed by atoms with Crippen molar-refractivity contribution in [2.45, 2.75) is 63.7 Å². The lowest BCUT2D eigenvalue weighted by molar-refractivity contribution is -0.111. The molecule has 6 nitrogen and oxygen atoms in total. The van der Waals surface area contributed by atoms with Crippen molar-refractivity contribution in [3.05, 3.63) is 0 Å². The molecule has 0 aromatic heterocycles. The lowest BCUT2D eigenvalue weighted by Crippen LogP contribution is -2.49. The Morgan fingerprint density at radius 2 is 1.95 bits per heavy atom. The standard InChI is InChI=1S/C14H26N2O4/c1-13(2,3)20-12(18)16-11-5-7-14(19-4,8-6-11)9-15-10-17/h10-11H,5-9H2,1-4H3,(H,15,17)(H,16,18). The monoisotopic (exact) mass is 286 g/mol. The van der Waals surface area contributed by atoms with Gasteiger partial charge >= 0.3 is 6.09 Å². The van der Waals surface area contributed by atoms with Crippen molar-refractivity contribution in [2.24, 2.45) is 0 Å². The zero-order chi connectivity index (χ0) is 15.2. The van der Waals surface area contributed by atoms with E-state index in [1.807, 2.05) is 20.8 Å². The molecule has 1 rings (SSSR count).